The van der Waals surface area contributed by atoms with Gasteiger partial charge in [-0.1, -0.05) is 12.8 Å². The van der Waals surface area contributed by atoms with Crippen LogP contribution in [0.25, 0.3) is 0 Å². The molecule has 0 bridgehead atoms. The third kappa shape index (κ3) is 4.77. The van der Waals surface area contributed by atoms with Crippen LogP contribution in [0.1, 0.15) is 65.1 Å². The first-order chi connectivity index (χ1) is 13.8. The second-order valence-corrected chi connectivity index (χ2v) is 8.07. The van der Waals surface area contributed by atoms with Gasteiger partial charge < -0.3 is 20.1 Å². The SMILES string of the molecule is CCN(CC)C(=O)c1sc(NC(=O)[C@@H]2CCCC[C@H]2C(=O)O)c(C(=O)OC)c1C. The van der Waals surface area contributed by atoms with Crippen LogP contribution in [-0.2, 0) is 14.3 Å². The fraction of sp³-hybridized carbons (Fsp3) is 0.600. The standard InChI is InChI=1S/C20H28N2O6S/c1-5-22(6-2)18(24)15-11(3)14(20(27)28-4)17(29-15)21-16(23)12-9-7-8-10-13(12)19(25)26/h12-13H,5-10H2,1-4H3,(H,21,23)(H,25,26)/t12-,13-/m1/s1. The van der Waals surface area contributed by atoms with Crippen molar-refractivity contribution in [2.75, 3.05) is 25.5 Å². The number of carboxylic acid groups (broad SMARTS) is 1. The van der Waals surface area contributed by atoms with Crippen molar-refractivity contribution in [2.24, 2.45) is 11.8 Å². The van der Waals surface area contributed by atoms with Gasteiger partial charge in [-0.05, 0) is 39.2 Å². The minimum atomic E-state index is -0.988. The summed E-state index contributed by atoms with van der Waals surface area (Å²) in [5.74, 6) is -3.71. The lowest BCUT2D eigenvalue weighted by Gasteiger charge is -2.27. The molecule has 0 unspecified atom stereocenters. The van der Waals surface area contributed by atoms with Crippen molar-refractivity contribution in [3.8, 4) is 0 Å². The van der Waals surface area contributed by atoms with Crippen molar-refractivity contribution < 1.29 is 29.0 Å². The van der Waals surface area contributed by atoms with Crippen LogP contribution in [0, 0.1) is 18.8 Å². The van der Waals surface area contributed by atoms with Crippen LogP contribution in [-0.4, -0.2) is 54.0 Å². The van der Waals surface area contributed by atoms with E-state index < -0.39 is 29.7 Å². The number of ether oxygens (including phenoxy) is 1. The van der Waals surface area contributed by atoms with Crippen molar-refractivity contribution in [1.82, 2.24) is 4.90 Å². The summed E-state index contributed by atoms with van der Waals surface area (Å²) in [4.78, 5) is 51.6. The normalized spacial score (nSPS) is 18.8. The molecule has 0 aromatic carbocycles. The van der Waals surface area contributed by atoms with Crippen LogP contribution in [0.2, 0.25) is 0 Å². The third-order valence-electron chi connectivity index (χ3n) is 5.44. The average molecular weight is 425 g/mol. The van der Waals surface area contributed by atoms with Gasteiger partial charge in [0.2, 0.25) is 5.91 Å². The molecule has 1 aliphatic rings. The number of carbonyl (C=O) groups excluding carboxylic acids is 3. The van der Waals surface area contributed by atoms with Gasteiger partial charge in [-0.25, -0.2) is 4.79 Å². The molecule has 8 nitrogen and oxygen atoms in total. The minimum Gasteiger partial charge on any atom is -0.481 e. The first-order valence-electron chi connectivity index (χ1n) is 9.81. The Labute approximate surface area is 174 Å². The van der Waals surface area contributed by atoms with E-state index in [9.17, 15) is 24.3 Å². The number of esters is 1. The number of amides is 2. The van der Waals surface area contributed by atoms with Crippen molar-refractivity contribution >= 4 is 40.1 Å². The van der Waals surface area contributed by atoms with E-state index in [4.69, 9.17) is 4.74 Å². The van der Waals surface area contributed by atoms with Gasteiger partial charge in [0.15, 0.2) is 0 Å². The van der Waals surface area contributed by atoms with Crippen molar-refractivity contribution in [3.63, 3.8) is 0 Å². The highest BCUT2D eigenvalue weighted by Crippen LogP contribution is 2.37. The van der Waals surface area contributed by atoms with Crippen molar-refractivity contribution in [3.05, 3.63) is 16.0 Å². The highest BCUT2D eigenvalue weighted by Gasteiger charge is 2.37. The van der Waals surface area contributed by atoms with E-state index >= 15 is 0 Å². The van der Waals surface area contributed by atoms with Crippen molar-refractivity contribution in [1.29, 1.82) is 0 Å². The van der Waals surface area contributed by atoms with Gasteiger partial charge in [-0.2, -0.15) is 0 Å². The molecule has 2 rings (SSSR count). The number of thiophene rings is 1. The van der Waals surface area contributed by atoms with E-state index in [1.165, 1.54) is 7.11 Å². The van der Waals surface area contributed by atoms with Crippen LogP contribution in [0.4, 0.5) is 5.00 Å². The number of methoxy groups -OCH3 is 1. The fourth-order valence-corrected chi connectivity index (χ4v) is 4.92. The molecule has 2 amide bonds. The smallest absolute Gasteiger partial charge is 0.341 e. The van der Waals surface area contributed by atoms with E-state index in [0.29, 0.717) is 36.4 Å². The Morgan fingerprint density at radius 3 is 2.24 bits per heavy atom. The number of nitrogens with zero attached hydrogens (tertiary/aromatic N) is 1. The predicted molar refractivity (Wildman–Crippen MR) is 109 cm³/mol. The molecule has 2 N–H and O–H groups in total. The van der Waals surface area contributed by atoms with Crippen LogP contribution in [0.3, 0.4) is 0 Å². The fourth-order valence-electron chi connectivity index (χ4n) is 3.75. The molecular formula is C20H28N2O6S. The molecule has 29 heavy (non-hydrogen) atoms. The van der Waals surface area contributed by atoms with Gasteiger partial charge in [-0.15, -0.1) is 11.3 Å². The molecule has 1 aromatic rings. The molecule has 1 aliphatic carbocycles. The van der Waals surface area contributed by atoms with Gasteiger partial charge in [0, 0.05) is 13.1 Å². The lowest BCUT2D eigenvalue weighted by atomic mass is 9.79. The van der Waals surface area contributed by atoms with Crippen molar-refractivity contribution in [2.45, 2.75) is 46.5 Å². The second-order valence-electron chi connectivity index (χ2n) is 7.05. The highest BCUT2D eigenvalue weighted by atomic mass is 32.1. The molecule has 1 saturated carbocycles. The number of rotatable bonds is 7. The predicted octanol–water partition coefficient (Wildman–Crippen LogP) is 3.15. The Morgan fingerprint density at radius 1 is 1.14 bits per heavy atom. The zero-order chi connectivity index (χ0) is 21.7. The molecule has 9 heteroatoms. The molecule has 1 fully saturated rings. The topological polar surface area (TPSA) is 113 Å². The maximum absolute atomic E-state index is 12.9. The summed E-state index contributed by atoms with van der Waals surface area (Å²) in [6.07, 6.45) is 2.48. The van der Waals surface area contributed by atoms with Gasteiger partial charge in [0.25, 0.3) is 5.91 Å². The Morgan fingerprint density at radius 2 is 1.72 bits per heavy atom. The Bertz CT molecular complexity index is 799. The summed E-state index contributed by atoms with van der Waals surface area (Å²) in [6.45, 7) is 6.41. The van der Waals surface area contributed by atoms with Gasteiger partial charge >= 0.3 is 11.9 Å². The molecule has 0 saturated heterocycles. The average Bonchev–Trinajstić information content (AvgIpc) is 3.03. The molecule has 0 spiro atoms. The number of hydrogen-bond acceptors (Lipinski definition) is 6. The maximum Gasteiger partial charge on any atom is 0.341 e. The Balaban J connectivity index is 2.39. The number of anilines is 1. The zero-order valence-electron chi connectivity index (χ0n) is 17.2. The van der Waals surface area contributed by atoms with Crippen LogP contribution in [0.5, 0.6) is 0 Å². The first-order valence-corrected chi connectivity index (χ1v) is 10.6. The second kappa shape index (κ2) is 9.87. The minimum absolute atomic E-state index is 0.143. The Kier molecular flexibility index (Phi) is 7.78. The molecule has 160 valence electrons. The van der Waals surface area contributed by atoms with Crippen LogP contribution < -0.4 is 5.32 Å². The van der Waals surface area contributed by atoms with E-state index in [0.717, 1.165) is 24.2 Å². The van der Waals surface area contributed by atoms with Gasteiger partial charge in [0.05, 0.1) is 29.4 Å². The summed E-state index contributed by atoms with van der Waals surface area (Å²) in [7, 11) is 1.23. The van der Waals surface area contributed by atoms with E-state index in [1.54, 1.807) is 11.8 Å². The number of aliphatic carboxylic acids is 1. The quantitative estimate of drug-likeness (QED) is 0.650. The monoisotopic (exact) mass is 424 g/mol. The lowest BCUT2D eigenvalue weighted by molar-refractivity contribution is -0.147. The van der Waals surface area contributed by atoms with Gasteiger partial charge in [-0.3, -0.25) is 14.4 Å². The van der Waals surface area contributed by atoms with Gasteiger partial charge in [0.1, 0.15) is 5.00 Å². The first kappa shape index (κ1) is 22.9. The molecule has 1 aromatic heterocycles. The van der Waals surface area contributed by atoms with E-state index in [2.05, 4.69) is 5.32 Å². The molecule has 1 heterocycles. The maximum atomic E-state index is 12.9. The zero-order valence-corrected chi connectivity index (χ0v) is 18.1. The molecule has 0 radical (unpaired) electrons. The third-order valence-corrected chi connectivity index (χ3v) is 6.63. The van der Waals surface area contributed by atoms with Crippen LogP contribution >= 0.6 is 11.3 Å². The Hall–Kier alpha value is -2.42. The van der Waals surface area contributed by atoms with Crippen LogP contribution in [0.15, 0.2) is 0 Å². The van der Waals surface area contributed by atoms with E-state index in [-0.39, 0.29) is 16.5 Å². The molecule has 2 atom stereocenters. The molecule has 0 aliphatic heterocycles. The summed E-state index contributed by atoms with van der Waals surface area (Å²) >= 11 is 1.03. The lowest BCUT2D eigenvalue weighted by Crippen LogP contribution is -2.36. The number of nitrogens with one attached hydrogen (secondary N) is 1. The highest BCUT2D eigenvalue weighted by molar-refractivity contribution is 7.18. The van der Waals surface area contributed by atoms with E-state index in [1.807, 2.05) is 13.8 Å². The summed E-state index contributed by atoms with van der Waals surface area (Å²) in [5, 5.41) is 12.4. The number of carboxylic acids is 1. The summed E-state index contributed by atoms with van der Waals surface area (Å²) in [6, 6.07) is 0. The summed E-state index contributed by atoms with van der Waals surface area (Å²) < 4.78 is 4.85. The number of hydrogen-bond donors (Lipinski definition) is 2. The number of carbonyl (C=O) groups is 4. The largest absolute Gasteiger partial charge is 0.481 e. The molecular weight excluding hydrogens is 396 g/mol. The summed E-state index contributed by atoms with van der Waals surface area (Å²) in [5.41, 5.74) is 0.594.